The van der Waals surface area contributed by atoms with Crippen LogP contribution in [0, 0.1) is 5.41 Å². The predicted molar refractivity (Wildman–Crippen MR) is 56.9 cm³/mol. The second kappa shape index (κ2) is 3.99. The molecule has 0 aromatic carbocycles. The van der Waals surface area contributed by atoms with Crippen LogP contribution >= 0.6 is 0 Å². The number of hydrogen-bond acceptors (Lipinski definition) is 2. The number of carbonyl (C=O) groups is 1. The molecule has 1 rings (SSSR count). The van der Waals surface area contributed by atoms with Gasteiger partial charge in [0.2, 0.25) is 0 Å². The van der Waals surface area contributed by atoms with Gasteiger partial charge in [0.1, 0.15) is 0 Å². The van der Waals surface area contributed by atoms with Crippen molar-refractivity contribution in [2.45, 2.75) is 34.1 Å². The highest BCUT2D eigenvalue weighted by molar-refractivity contribution is 5.91. The van der Waals surface area contributed by atoms with Crippen LogP contribution in [0.3, 0.4) is 0 Å². The molecule has 14 heavy (non-hydrogen) atoms. The molecule has 2 nitrogen and oxygen atoms in total. The number of carbonyl (C=O) groups excluding carboxylic acids is 1. The Hall–Kier alpha value is -1.05. The van der Waals surface area contributed by atoms with Gasteiger partial charge in [0.05, 0.1) is 6.61 Å². The molecule has 1 aliphatic rings. The maximum atomic E-state index is 11.7. The number of allylic oxidation sites excluding steroid dienone is 3. The molecule has 0 heterocycles. The molecule has 0 saturated carbocycles. The van der Waals surface area contributed by atoms with Crippen molar-refractivity contribution in [3.8, 4) is 0 Å². The average Bonchev–Trinajstić information content (AvgIpc) is 2.02. The summed E-state index contributed by atoms with van der Waals surface area (Å²) in [5.74, 6) is -0.167. The Morgan fingerprint density at radius 3 is 2.71 bits per heavy atom. The average molecular weight is 194 g/mol. The lowest BCUT2D eigenvalue weighted by Crippen LogP contribution is -2.24. The zero-order valence-corrected chi connectivity index (χ0v) is 9.39. The fourth-order valence-corrected chi connectivity index (χ4v) is 1.91. The van der Waals surface area contributed by atoms with Crippen LogP contribution in [0.15, 0.2) is 23.3 Å². The second-order valence-corrected chi connectivity index (χ2v) is 4.20. The van der Waals surface area contributed by atoms with E-state index in [2.05, 4.69) is 12.2 Å². The first kappa shape index (κ1) is 11.0. The summed E-state index contributed by atoms with van der Waals surface area (Å²) in [6, 6.07) is 0. The number of hydrogen-bond donors (Lipinski definition) is 0. The van der Waals surface area contributed by atoms with Crippen LogP contribution in [-0.4, -0.2) is 12.6 Å². The Kier molecular flexibility index (Phi) is 3.14. The molecule has 0 aromatic rings. The number of esters is 1. The van der Waals surface area contributed by atoms with E-state index in [1.807, 2.05) is 27.7 Å². The van der Waals surface area contributed by atoms with Crippen LogP contribution in [0.1, 0.15) is 34.1 Å². The third-order valence-corrected chi connectivity index (χ3v) is 2.51. The highest BCUT2D eigenvalue weighted by Gasteiger charge is 2.30. The van der Waals surface area contributed by atoms with Gasteiger partial charge >= 0.3 is 5.97 Å². The first-order valence-electron chi connectivity index (χ1n) is 5.04. The van der Waals surface area contributed by atoms with Gasteiger partial charge in [0.15, 0.2) is 0 Å². The lowest BCUT2D eigenvalue weighted by Gasteiger charge is -2.28. The van der Waals surface area contributed by atoms with E-state index in [0.717, 1.165) is 17.6 Å². The highest BCUT2D eigenvalue weighted by Crippen LogP contribution is 2.36. The zero-order chi connectivity index (χ0) is 10.8. The molecule has 0 aromatic heterocycles. The van der Waals surface area contributed by atoms with Crippen LogP contribution in [0.25, 0.3) is 0 Å². The van der Waals surface area contributed by atoms with Crippen molar-refractivity contribution < 1.29 is 9.53 Å². The van der Waals surface area contributed by atoms with Gasteiger partial charge in [-0.3, -0.25) is 0 Å². The number of rotatable bonds is 2. The minimum absolute atomic E-state index is 0.167. The second-order valence-electron chi connectivity index (χ2n) is 4.20. The van der Waals surface area contributed by atoms with Gasteiger partial charge in [-0.15, -0.1) is 0 Å². The summed E-state index contributed by atoms with van der Waals surface area (Å²) in [6.45, 7) is 8.35. The Labute approximate surface area is 85.6 Å². The Balaban J connectivity index is 2.98. The summed E-state index contributed by atoms with van der Waals surface area (Å²) in [5.41, 5.74) is 1.76. The summed E-state index contributed by atoms with van der Waals surface area (Å²) >= 11 is 0. The Morgan fingerprint density at radius 2 is 2.21 bits per heavy atom. The maximum Gasteiger partial charge on any atom is 0.334 e. The van der Waals surface area contributed by atoms with E-state index >= 15 is 0 Å². The molecule has 0 unspecified atom stereocenters. The van der Waals surface area contributed by atoms with Crippen LogP contribution < -0.4 is 0 Å². The van der Waals surface area contributed by atoms with Crippen molar-refractivity contribution in [3.05, 3.63) is 23.3 Å². The monoisotopic (exact) mass is 194 g/mol. The van der Waals surface area contributed by atoms with Gasteiger partial charge in [-0.1, -0.05) is 31.6 Å². The van der Waals surface area contributed by atoms with E-state index in [9.17, 15) is 4.79 Å². The van der Waals surface area contributed by atoms with E-state index in [1.165, 1.54) is 0 Å². The number of ether oxygens (including phenoxy) is 1. The van der Waals surface area contributed by atoms with Gasteiger partial charge in [-0.25, -0.2) is 4.79 Å². The third kappa shape index (κ3) is 2.06. The van der Waals surface area contributed by atoms with E-state index in [4.69, 9.17) is 4.74 Å². The van der Waals surface area contributed by atoms with Crippen molar-refractivity contribution in [2.75, 3.05) is 6.61 Å². The van der Waals surface area contributed by atoms with E-state index in [0.29, 0.717) is 6.61 Å². The largest absolute Gasteiger partial charge is 0.463 e. The molecule has 0 N–H and O–H groups in total. The van der Waals surface area contributed by atoms with E-state index in [1.54, 1.807) is 0 Å². The third-order valence-electron chi connectivity index (χ3n) is 2.51. The summed E-state index contributed by atoms with van der Waals surface area (Å²) in [6.07, 6.45) is 5.04. The van der Waals surface area contributed by atoms with Crippen molar-refractivity contribution in [2.24, 2.45) is 5.41 Å². The minimum atomic E-state index is -0.186. The van der Waals surface area contributed by atoms with Gasteiger partial charge < -0.3 is 4.74 Å². The molecule has 1 aliphatic carbocycles. The SMILES string of the molecule is CCOC(=O)C1=C(C)CC=CC1(C)C. The molecule has 0 spiro atoms. The Morgan fingerprint density at radius 1 is 1.57 bits per heavy atom. The molecule has 0 amide bonds. The quantitative estimate of drug-likeness (QED) is 0.499. The highest BCUT2D eigenvalue weighted by atomic mass is 16.5. The fraction of sp³-hybridized carbons (Fsp3) is 0.583. The molecule has 0 aliphatic heterocycles. The van der Waals surface area contributed by atoms with Crippen LogP contribution in [0.2, 0.25) is 0 Å². The van der Waals surface area contributed by atoms with E-state index < -0.39 is 0 Å². The Bertz CT molecular complexity index is 295. The molecule has 0 atom stereocenters. The predicted octanol–water partition coefficient (Wildman–Crippen LogP) is 2.85. The van der Waals surface area contributed by atoms with Gasteiger partial charge in [-0.05, 0) is 20.3 Å². The fourth-order valence-electron chi connectivity index (χ4n) is 1.91. The van der Waals surface area contributed by atoms with Crippen LogP contribution in [0.5, 0.6) is 0 Å². The van der Waals surface area contributed by atoms with Gasteiger partial charge in [0, 0.05) is 11.0 Å². The summed E-state index contributed by atoms with van der Waals surface area (Å²) in [4.78, 5) is 11.7. The molecule has 0 radical (unpaired) electrons. The standard InChI is InChI=1S/C12H18O2/c1-5-14-11(13)10-9(2)7-6-8-12(10,3)4/h6,8H,5,7H2,1-4H3. The van der Waals surface area contributed by atoms with Crippen LogP contribution in [-0.2, 0) is 9.53 Å². The molecule has 0 saturated heterocycles. The lowest BCUT2D eigenvalue weighted by molar-refractivity contribution is -0.139. The smallest absolute Gasteiger partial charge is 0.334 e. The normalized spacial score (nSPS) is 19.7. The van der Waals surface area contributed by atoms with Crippen LogP contribution in [0.4, 0.5) is 0 Å². The van der Waals surface area contributed by atoms with E-state index in [-0.39, 0.29) is 11.4 Å². The minimum Gasteiger partial charge on any atom is -0.463 e. The molecule has 0 bridgehead atoms. The topological polar surface area (TPSA) is 26.3 Å². The maximum absolute atomic E-state index is 11.7. The molecule has 78 valence electrons. The summed E-state index contributed by atoms with van der Waals surface area (Å²) < 4.78 is 5.06. The lowest BCUT2D eigenvalue weighted by atomic mass is 9.77. The first-order chi connectivity index (χ1) is 6.49. The van der Waals surface area contributed by atoms with Crippen molar-refractivity contribution in [3.63, 3.8) is 0 Å². The van der Waals surface area contributed by atoms with Gasteiger partial charge in [-0.2, -0.15) is 0 Å². The van der Waals surface area contributed by atoms with Crippen molar-refractivity contribution in [1.82, 2.24) is 0 Å². The summed E-state index contributed by atoms with van der Waals surface area (Å²) in [7, 11) is 0. The van der Waals surface area contributed by atoms with Crippen molar-refractivity contribution in [1.29, 1.82) is 0 Å². The summed E-state index contributed by atoms with van der Waals surface area (Å²) in [5, 5.41) is 0. The molecule has 2 heteroatoms. The molecule has 0 fully saturated rings. The first-order valence-corrected chi connectivity index (χ1v) is 5.04. The molecular weight excluding hydrogens is 176 g/mol. The van der Waals surface area contributed by atoms with Crippen molar-refractivity contribution >= 4 is 5.97 Å². The molecular formula is C12H18O2. The van der Waals surface area contributed by atoms with Gasteiger partial charge in [0.25, 0.3) is 0 Å². The zero-order valence-electron chi connectivity index (χ0n) is 9.39.